The van der Waals surface area contributed by atoms with Gasteiger partial charge in [0.05, 0.1) is 0 Å². The summed E-state index contributed by atoms with van der Waals surface area (Å²) >= 11 is 0. The maximum atomic E-state index is 12.6. The van der Waals surface area contributed by atoms with Gasteiger partial charge in [-0.2, -0.15) is 0 Å². The molecule has 1 amide bonds. The highest BCUT2D eigenvalue weighted by Gasteiger charge is 2.29. The summed E-state index contributed by atoms with van der Waals surface area (Å²) in [6, 6.07) is 23.1. The van der Waals surface area contributed by atoms with Gasteiger partial charge in [0.1, 0.15) is 12.6 Å². The molecule has 35 heavy (non-hydrogen) atoms. The molecule has 5 rings (SSSR count). The average Bonchev–Trinajstić information content (AvgIpc) is 3.49. The number of nitrogens with zero attached hydrogens (tertiary/aromatic N) is 1. The van der Waals surface area contributed by atoms with E-state index in [2.05, 4.69) is 34.5 Å². The van der Waals surface area contributed by atoms with Gasteiger partial charge in [0.25, 0.3) is 0 Å². The molecule has 180 valence electrons. The molecular formula is C29H30N2O4. The lowest BCUT2D eigenvalue weighted by atomic mass is 9.98. The smallest absolute Gasteiger partial charge is 0.407 e. The lowest BCUT2D eigenvalue weighted by Gasteiger charge is -2.18. The van der Waals surface area contributed by atoms with Crippen molar-refractivity contribution >= 4 is 12.1 Å². The van der Waals surface area contributed by atoms with Gasteiger partial charge >= 0.3 is 12.1 Å². The normalized spacial score (nSPS) is 15.9. The van der Waals surface area contributed by atoms with Crippen molar-refractivity contribution in [2.24, 2.45) is 0 Å². The molecule has 3 aromatic rings. The lowest BCUT2D eigenvalue weighted by Crippen LogP contribution is -2.42. The summed E-state index contributed by atoms with van der Waals surface area (Å²) in [5.74, 6) is -1.15. The minimum Gasteiger partial charge on any atom is -0.480 e. The number of carboxylic acids is 1. The maximum absolute atomic E-state index is 12.6. The quantitative estimate of drug-likeness (QED) is 0.494. The maximum Gasteiger partial charge on any atom is 0.407 e. The van der Waals surface area contributed by atoms with Crippen LogP contribution in [0.4, 0.5) is 4.79 Å². The Morgan fingerprint density at radius 1 is 0.886 bits per heavy atom. The highest BCUT2D eigenvalue weighted by Crippen LogP contribution is 2.44. The van der Waals surface area contributed by atoms with E-state index in [0.29, 0.717) is 0 Å². The van der Waals surface area contributed by atoms with E-state index < -0.39 is 18.1 Å². The summed E-state index contributed by atoms with van der Waals surface area (Å²) in [5.41, 5.74) is 6.60. The van der Waals surface area contributed by atoms with Crippen LogP contribution in [0.15, 0.2) is 72.8 Å². The first-order valence-electron chi connectivity index (χ1n) is 12.2. The number of alkyl carbamates (subject to hydrolysis) is 1. The molecule has 6 nitrogen and oxygen atoms in total. The highest BCUT2D eigenvalue weighted by atomic mass is 16.5. The van der Waals surface area contributed by atoms with Crippen molar-refractivity contribution < 1.29 is 19.4 Å². The number of carbonyl (C=O) groups is 2. The molecule has 2 N–H and O–H groups in total. The van der Waals surface area contributed by atoms with Crippen molar-refractivity contribution in [3.8, 4) is 11.1 Å². The zero-order valence-electron chi connectivity index (χ0n) is 19.7. The number of nitrogens with one attached hydrogen (secondary N) is 1. The molecule has 0 radical (unpaired) electrons. The Morgan fingerprint density at radius 3 is 2.06 bits per heavy atom. The van der Waals surface area contributed by atoms with E-state index in [4.69, 9.17) is 4.74 Å². The number of carboxylic acid groups (broad SMARTS) is 1. The largest absolute Gasteiger partial charge is 0.480 e. The minimum atomic E-state index is -1.08. The van der Waals surface area contributed by atoms with Crippen LogP contribution in [0.1, 0.15) is 41.0 Å². The van der Waals surface area contributed by atoms with Crippen molar-refractivity contribution in [1.29, 1.82) is 0 Å². The van der Waals surface area contributed by atoms with Gasteiger partial charge in [-0.3, -0.25) is 4.90 Å². The van der Waals surface area contributed by atoms with E-state index >= 15 is 0 Å². The van der Waals surface area contributed by atoms with Crippen LogP contribution in [0.3, 0.4) is 0 Å². The van der Waals surface area contributed by atoms with E-state index in [1.807, 2.05) is 48.5 Å². The fourth-order valence-corrected chi connectivity index (χ4v) is 5.20. The highest BCUT2D eigenvalue weighted by molar-refractivity contribution is 5.81. The molecule has 0 bridgehead atoms. The van der Waals surface area contributed by atoms with Crippen LogP contribution in [-0.2, 0) is 22.5 Å². The molecule has 1 atom stereocenters. The van der Waals surface area contributed by atoms with Gasteiger partial charge in [0.2, 0.25) is 0 Å². The predicted octanol–water partition coefficient (Wildman–Crippen LogP) is 4.82. The molecule has 1 aliphatic heterocycles. The van der Waals surface area contributed by atoms with Crippen molar-refractivity contribution in [3.63, 3.8) is 0 Å². The van der Waals surface area contributed by atoms with Crippen LogP contribution in [0.25, 0.3) is 11.1 Å². The third kappa shape index (κ3) is 5.23. The van der Waals surface area contributed by atoms with Crippen molar-refractivity contribution in [2.45, 2.75) is 37.8 Å². The summed E-state index contributed by atoms with van der Waals surface area (Å²) in [6.45, 7) is 3.33. The average molecular weight is 471 g/mol. The first kappa shape index (κ1) is 23.1. The first-order chi connectivity index (χ1) is 17.1. The molecule has 2 aliphatic rings. The fraction of sp³-hybridized carbons (Fsp3) is 0.310. The van der Waals surface area contributed by atoms with Crippen LogP contribution < -0.4 is 5.32 Å². The number of ether oxygens (including phenoxy) is 1. The molecule has 6 heteroatoms. The first-order valence-corrected chi connectivity index (χ1v) is 12.2. The SMILES string of the molecule is O=C(NC(Cc1ccc(CN2CCCC2)cc1)C(=O)O)OCC1c2ccccc2-c2ccccc21. The van der Waals surface area contributed by atoms with Crippen molar-refractivity contribution in [1.82, 2.24) is 10.2 Å². The van der Waals surface area contributed by atoms with Crippen LogP contribution in [0, 0.1) is 0 Å². The van der Waals surface area contributed by atoms with Gasteiger partial charge in [-0.1, -0.05) is 72.8 Å². The topological polar surface area (TPSA) is 78.9 Å². The van der Waals surface area contributed by atoms with E-state index in [-0.39, 0.29) is 18.9 Å². The Bertz CT molecular complexity index is 1160. The van der Waals surface area contributed by atoms with Crippen LogP contribution in [0.5, 0.6) is 0 Å². The van der Waals surface area contributed by atoms with Gasteiger partial charge in [-0.05, 0) is 59.3 Å². The Labute approximate surface area is 205 Å². The molecule has 1 saturated heterocycles. The number of rotatable bonds is 8. The monoisotopic (exact) mass is 470 g/mol. The molecular weight excluding hydrogens is 440 g/mol. The van der Waals surface area contributed by atoms with E-state index in [1.165, 1.54) is 18.4 Å². The molecule has 1 heterocycles. The van der Waals surface area contributed by atoms with Gasteiger partial charge in [-0.25, -0.2) is 9.59 Å². The van der Waals surface area contributed by atoms with Crippen molar-refractivity contribution in [3.05, 3.63) is 95.1 Å². The molecule has 0 spiro atoms. The summed E-state index contributed by atoms with van der Waals surface area (Å²) in [7, 11) is 0. The van der Waals surface area contributed by atoms with Gasteiger partial charge in [0, 0.05) is 18.9 Å². The number of hydrogen-bond donors (Lipinski definition) is 2. The summed E-state index contributed by atoms with van der Waals surface area (Å²) in [4.78, 5) is 26.8. The van der Waals surface area contributed by atoms with Gasteiger partial charge in [-0.15, -0.1) is 0 Å². The zero-order chi connectivity index (χ0) is 24.2. The summed E-state index contributed by atoms with van der Waals surface area (Å²) < 4.78 is 5.53. The third-order valence-corrected chi connectivity index (χ3v) is 7.00. The zero-order valence-corrected chi connectivity index (χ0v) is 19.7. The number of fused-ring (bicyclic) bond motifs is 3. The Hall–Kier alpha value is -3.64. The van der Waals surface area contributed by atoms with Gasteiger partial charge in [0.15, 0.2) is 0 Å². The summed E-state index contributed by atoms with van der Waals surface area (Å²) in [5, 5.41) is 12.2. The minimum absolute atomic E-state index is 0.0698. The number of likely N-dealkylation sites (tertiary alicyclic amines) is 1. The van der Waals surface area contributed by atoms with Crippen LogP contribution in [0.2, 0.25) is 0 Å². The Morgan fingerprint density at radius 2 is 1.46 bits per heavy atom. The Kier molecular flexibility index (Phi) is 6.82. The predicted molar refractivity (Wildman–Crippen MR) is 134 cm³/mol. The molecule has 1 fully saturated rings. The van der Waals surface area contributed by atoms with Crippen LogP contribution in [-0.4, -0.2) is 47.8 Å². The van der Waals surface area contributed by atoms with E-state index in [0.717, 1.165) is 47.5 Å². The molecule has 1 unspecified atom stereocenters. The van der Waals surface area contributed by atoms with Gasteiger partial charge < -0.3 is 15.2 Å². The number of hydrogen-bond acceptors (Lipinski definition) is 4. The fourth-order valence-electron chi connectivity index (χ4n) is 5.20. The van der Waals surface area contributed by atoms with Crippen molar-refractivity contribution in [2.75, 3.05) is 19.7 Å². The summed E-state index contributed by atoms with van der Waals surface area (Å²) in [6.07, 6.45) is 1.98. The second-order valence-corrected chi connectivity index (χ2v) is 9.36. The second kappa shape index (κ2) is 10.3. The Balaban J connectivity index is 1.19. The lowest BCUT2D eigenvalue weighted by molar-refractivity contribution is -0.139. The number of carbonyl (C=O) groups excluding carboxylic acids is 1. The standard InChI is InChI=1S/C29H30N2O4/c32-28(33)27(17-20-11-13-21(14-12-20)18-31-15-5-6-16-31)30-29(34)35-19-26-24-9-3-1-7-22(24)23-8-2-4-10-25(23)26/h1-4,7-14,26-27H,5-6,15-19H2,(H,30,34)(H,32,33). The number of amides is 1. The third-order valence-electron chi connectivity index (χ3n) is 7.00. The number of benzene rings is 3. The second-order valence-electron chi connectivity index (χ2n) is 9.36. The molecule has 0 saturated carbocycles. The molecule has 3 aromatic carbocycles. The van der Waals surface area contributed by atoms with Crippen LogP contribution >= 0.6 is 0 Å². The van der Waals surface area contributed by atoms with E-state index in [1.54, 1.807) is 0 Å². The number of aliphatic carboxylic acids is 1. The molecule has 1 aliphatic carbocycles. The van der Waals surface area contributed by atoms with E-state index in [9.17, 15) is 14.7 Å². The molecule has 0 aromatic heterocycles.